The summed E-state index contributed by atoms with van der Waals surface area (Å²) in [6.07, 6.45) is 7.62. The number of hydrogen-bond donors (Lipinski definition) is 0. The molecule has 11 heteroatoms. The van der Waals surface area contributed by atoms with Crippen molar-refractivity contribution in [2.24, 2.45) is 0 Å². The van der Waals surface area contributed by atoms with Crippen LogP contribution in [0, 0.1) is 13.8 Å². The normalized spacial score (nSPS) is 13.3. The third kappa shape index (κ3) is 7.23. The van der Waals surface area contributed by atoms with Crippen LogP contribution in [0.5, 0.6) is 0 Å². The molecular formula is C29H35N2NaO6S2. The molecule has 0 fully saturated rings. The van der Waals surface area contributed by atoms with E-state index in [4.69, 9.17) is 0 Å². The van der Waals surface area contributed by atoms with Crippen molar-refractivity contribution >= 4 is 37.2 Å². The molecular weight excluding hydrogens is 559 g/mol. The Hall–Kier alpha value is -2.05. The molecule has 0 amide bonds. The maximum atomic E-state index is 12.3. The van der Waals surface area contributed by atoms with Crippen LogP contribution in [0.4, 0.5) is 5.69 Å². The summed E-state index contributed by atoms with van der Waals surface area (Å²) >= 11 is 0. The molecule has 0 atom stereocenters. The summed E-state index contributed by atoms with van der Waals surface area (Å²) in [5, 5.41) is 0. The van der Waals surface area contributed by atoms with Gasteiger partial charge in [-0.2, -0.15) is 0 Å². The second-order valence-corrected chi connectivity index (χ2v) is 11.9. The van der Waals surface area contributed by atoms with Gasteiger partial charge in [-0.1, -0.05) is 12.1 Å². The minimum atomic E-state index is -5.10. The fourth-order valence-electron chi connectivity index (χ4n) is 5.09. The molecule has 0 unspecified atom stereocenters. The second-order valence-electron chi connectivity index (χ2n) is 9.22. The van der Waals surface area contributed by atoms with E-state index in [2.05, 4.69) is 37.2 Å². The molecule has 2 aromatic rings. The molecule has 0 spiro atoms. The Labute approximate surface area is 260 Å². The van der Waals surface area contributed by atoms with E-state index < -0.39 is 30.0 Å². The van der Waals surface area contributed by atoms with Gasteiger partial charge in [-0.3, -0.25) is 0 Å². The predicted octanol–water partition coefficient (Wildman–Crippen LogP) is 1.38. The fraction of sp³-hybridized carbons (Fsp3) is 0.345. The van der Waals surface area contributed by atoms with E-state index >= 15 is 0 Å². The molecule has 210 valence electrons. The van der Waals surface area contributed by atoms with Crippen molar-refractivity contribution in [1.29, 1.82) is 0 Å². The Morgan fingerprint density at radius 2 is 1.32 bits per heavy atom. The van der Waals surface area contributed by atoms with Crippen LogP contribution in [0.15, 0.2) is 70.0 Å². The van der Waals surface area contributed by atoms with Gasteiger partial charge in [-0.15, -0.1) is 0 Å². The van der Waals surface area contributed by atoms with Gasteiger partial charge < -0.3 is 14.0 Å². The number of allylic oxidation sites excluding steroid dienone is 5. The summed E-state index contributed by atoms with van der Waals surface area (Å²) in [5.74, 6) is 0. The minimum absolute atomic E-state index is 0. The molecule has 40 heavy (non-hydrogen) atoms. The smallest absolute Gasteiger partial charge is 0.744 e. The van der Waals surface area contributed by atoms with Gasteiger partial charge in [0.1, 0.15) is 33.3 Å². The monoisotopic (exact) mass is 594 g/mol. The van der Waals surface area contributed by atoms with E-state index in [1.165, 1.54) is 19.9 Å². The fourth-order valence-corrected chi connectivity index (χ4v) is 6.86. The van der Waals surface area contributed by atoms with Crippen LogP contribution in [-0.2, 0) is 20.2 Å². The molecule has 1 aliphatic carbocycles. The van der Waals surface area contributed by atoms with E-state index in [1.807, 2.05) is 48.6 Å². The van der Waals surface area contributed by atoms with Gasteiger partial charge in [-0.25, -0.2) is 21.4 Å². The van der Waals surface area contributed by atoms with Gasteiger partial charge >= 0.3 is 29.6 Å². The Morgan fingerprint density at radius 3 is 1.75 bits per heavy atom. The van der Waals surface area contributed by atoms with Crippen molar-refractivity contribution in [3.63, 3.8) is 0 Å². The third-order valence-corrected chi connectivity index (χ3v) is 9.16. The van der Waals surface area contributed by atoms with E-state index in [1.54, 1.807) is 0 Å². The first-order valence-electron chi connectivity index (χ1n) is 12.9. The zero-order chi connectivity index (χ0) is 29.1. The number of benzene rings is 2. The first-order valence-corrected chi connectivity index (χ1v) is 15.7. The van der Waals surface area contributed by atoms with Crippen molar-refractivity contribution in [3.8, 4) is 0 Å². The molecule has 1 aliphatic rings. The van der Waals surface area contributed by atoms with Gasteiger partial charge in [-0.05, 0) is 105 Å². The third-order valence-electron chi connectivity index (χ3n) is 7.09. The van der Waals surface area contributed by atoms with Crippen LogP contribution in [0.25, 0.3) is 5.57 Å². The van der Waals surface area contributed by atoms with Crippen LogP contribution in [-0.4, -0.2) is 62.4 Å². The van der Waals surface area contributed by atoms with E-state index in [0.29, 0.717) is 16.7 Å². The van der Waals surface area contributed by atoms with Crippen molar-refractivity contribution < 1.29 is 60.1 Å². The first-order chi connectivity index (χ1) is 18.3. The Morgan fingerprint density at radius 1 is 0.800 bits per heavy atom. The number of anilines is 1. The van der Waals surface area contributed by atoms with Crippen molar-refractivity contribution in [3.05, 3.63) is 82.5 Å². The van der Waals surface area contributed by atoms with Crippen LogP contribution < -0.4 is 34.5 Å². The number of rotatable bonds is 9. The van der Waals surface area contributed by atoms with Gasteiger partial charge in [0.2, 0.25) is 0 Å². The Kier molecular flexibility index (Phi) is 11.7. The maximum absolute atomic E-state index is 12.3. The quantitative estimate of drug-likeness (QED) is 0.244. The molecule has 0 bridgehead atoms. The summed E-state index contributed by atoms with van der Waals surface area (Å²) in [7, 11) is -10.2. The molecule has 0 aliphatic heterocycles. The zero-order valence-corrected chi connectivity index (χ0v) is 27.8. The topological polar surface area (TPSA) is 121 Å². The summed E-state index contributed by atoms with van der Waals surface area (Å²) in [4.78, 5) is 0.755. The Bertz CT molecular complexity index is 1580. The van der Waals surface area contributed by atoms with E-state index in [0.717, 1.165) is 37.6 Å². The van der Waals surface area contributed by atoms with Gasteiger partial charge in [0.05, 0.1) is 9.79 Å². The van der Waals surface area contributed by atoms with E-state index in [9.17, 15) is 25.9 Å². The standard InChI is InChI=1S/C29H36N2O6S2.Na/c1-7-30(8-2)24-15-11-22(12-16-24)28(23-13-17-25(18-14-23)31(9-3)10-4)26-19-27(38(32,33)34)21(6)29(20(26)5)39(35,36)37;/h11-19H,7-10H2,1-6H3,(H-,32,33,34,35,36,37);/q;+1/p-1. The van der Waals surface area contributed by atoms with Crippen LogP contribution in [0.3, 0.4) is 0 Å². The van der Waals surface area contributed by atoms with Crippen molar-refractivity contribution in [2.75, 3.05) is 31.1 Å². The molecule has 0 radical (unpaired) electrons. The SMILES string of the molecule is CCN(CC)c1ccc(C(=C2C=CC(=[N+](CC)CC)C=C2)c2cc(S(=O)(=O)[O-])c(C)c(S(=O)(=O)[O-])c2C)cc1.[Na+]. The molecule has 3 rings (SSSR count). The summed E-state index contributed by atoms with van der Waals surface area (Å²) in [5.41, 5.74) is 3.77. The average molecular weight is 595 g/mol. The summed E-state index contributed by atoms with van der Waals surface area (Å²) in [6, 6.07) is 8.81. The summed E-state index contributed by atoms with van der Waals surface area (Å²) < 4.78 is 75.6. The predicted molar refractivity (Wildman–Crippen MR) is 152 cm³/mol. The first kappa shape index (κ1) is 34.2. The molecule has 0 saturated heterocycles. The van der Waals surface area contributed by atoms with Gasteiger partial charge in [0.15, 0.2) is 5.71 Å². The minimum Gasteiger partial charge on any atom is -0.744 e. The van der Waals surface area contributed by atoms with E-state index in [-0.39, 0.29) is 46.2 Å². The largest absolute Gasteiger partial charge is 1.00 e. The second kappa shape index (κ2) is 13.7. The average Bonchev–Trinajstić information content (AvgIpc) is 2.87. The van der Waals surface area contributed by atoms with Crippen molar-refractivity contribution in [2.45, 2.75) is 51.3 Å². The molecule has 0 N–H and O–H groups in total. The van der Waals surface area contributed by atoms with Crippen LogP contribution >= 0.6 is 0 Å². The van der Waals surface area contributed by atoms with Gasteiger partial charge in [0.25, 0.3) is 0 Å². The Balaban J connectivity index is 0.00000560. The molecule has 2 aromatic carbocycles. The number of hydrogen-bond acceptors (Lipinski definition) is 7. The van der Waals surface area contributed by atoms with Gasteiger partial charge in [0, 0.05) is 30.9 Å². The molecule has 0 saturated carbocycles. The number of nitrogens with zero attached hydrogens (tertiary/aromatic N) is 2. The molecule has 0 aromatic heterocycles. The maximum Gasteiger partial charge on any atom is 1.00 e. The molecule has 0 heterocycles. The summed E-state index contributed by atoms with van der Waals surface area (Å²) in [6.45, 7) is 14.1. The van der Waals surface area contributed by atoms with Crippen molar-refractivity contribution in [1.82, 2.24) is 0 Å². The zero-order valence-electron chi connectivity index (χ0n) is 24.2. The van der Waals surface area contributed by atoms with Crippen LogP contribution in [0.2, 0.25) is 0 Å². The molecule has 8 nitrogen and oxygen atoms in total. The van der Waals surface area contributed by atoms with Crippen LogP contribution in [0.1, 0.15) is 49.9 Å².